The van der Waals surface area contributed by atoms with E-state index in [1.807, 2.05) is 36.4 Å². The smallest absolute Gasteiger partial charge is 0.168 e. The maximum Gasteiger partial charge on any atom is 0.168 e. The summed E-state index contributed by atoms with van der Waals surface area (Å²) in [5, 5.41) is 9.02. The van der Waals surface area contributed by atoms with Crippen LogP contribution in [0.3, 0.4) is 0 Å². The van der Waals surface area contributed by atoms with Crippen LogP contribution in [0.1, 0.15) is 21.5 Å². The van der Waals surface area contributed by atoms with Crippen LogP contribution in [-0.2, 0) is 12.8 Å². The number of rotatable bonds is 2. The molecule has 1 heterocycles. The van der Waals surface area contributed by atoms with Crippen LogP contribution in [0, 0.1) is 0 Å². The Kier molecular flexibility index (Phi) is 3.40. The molecule has 96 valence electrons. The van der Waals surface area contributed by atoms with Gasteiger partial charge >= 0.3 is 0 Å². The van der Waals surface area contributed by atoms with E-state index in [0.717, 1.165) is 26.5 Å². The molecule has 1 aliphatic heterocycles. The average Bonchev–Trinajstić information content (AvgIpc) is 2.54. The molecule has 0 saturated carbocycles. The fourth-order valence-corrected chi connectivity index (χ4v) is 3.46. The molecule has 0 bridgehead atoms. The van der Waals surface area contributed by atoms with Crippen molar-refractivity contribution in [2.75, 3.05) is 6.61 Å². The minimum absolute atomic E-state index is 0.133. The molecule has 1 aliphatic rings. The fraction of sp³-hybridized carbons (Fsp3) is 0.188. The summed E-state index contributed by atoms with van der Waals surface area (Å²) in [6.45, 7) is 0.133. The zero-order valence-corrected chi connectivity index (χ0v) is 11.2. The summed E-state index contributed by atoms with van der Waals surface area (Å²) in [6.07, 6.45) is 1.10. The molecule has 19 heavy (non-hydrogen) atoms. The Hall–Kier alpha value is -1.58. The highest BCUT2D eigenvalue weighted by Gasteiger charge is 2.20. The number of Topliss-reactive ketones (excluding diaryl/α,β-unsaturated/α-hetero) is 1. The Morgan fingerprint density at radius 3 is 2.79 bits per heavy atom. The third-order valence-electron chi connectivity index (χ3n) is 3.29. The number of carbonyl (C=O) groups excluding carboxylic acids is 1. The van der Waals surface area contributed by atoms with E-state index in [1.54, 1.807) is 11.8 Å². The number of aliphatic hydroxyl groups excluding tert-OH is 1. The van der Waals surface area contributed by atoms with E-state index in [1.165, 1.54) is 0 Å². The van der Waals surface area contributed by atoms with Crippen molar-refractivity contribution >= 4 is 17.5 Å². The van der Waals surface area contributed by atoms with Gasteiger partial charge in [0.25, 0.3) is 0 Å². The molecule has 2 aromatic rings. The first kappa shape index (κ1) is 12.5. The van der Waals surface area contributed by atoms with Gasteiger partial charge < -0.3 is 5.11 Å². The van der Waals surface area contributed by atoms with Gasteiger partial charge in [0.05, 0.1) is 0 Å². The highest BCUT2D eigenvalue weighted by molar-refractivity contribution is 7.99. The summed E-state index contributed by atoms with van der Waals surface area (Å²) in [7, 11) is 0. The fourth-order valence-electron chi connectivity index (χ4n) is 2.30. The van der Waals surface area contributed by atoms with Crippen LogP contribution >= 0.6 is 11.8 Å². The van der Waals surface area contributed by atoms with Crippen molar-refractivity contribution in [1.29, 1.82) is 0 Å². The summed E-state index contributed by atoms with van der Waals surface area (Å²) in [5.41, 5.74) is 2.96. The Morgan fingerprint density at radius 2 is 1.95 bits per heavy atom. The van der Waals surface area contributed by atoms with E-state index in [4.69, 9.17) is 5.11 Å². The molecular formula is C16H14O2S. The molecule has 2 aromatic carbocycles. The van der Waals surface area contributed by atoms with Gasteiger partial charge in [-0.05, 0) is 35.7 Å². The van der Waals surface area contributed by atoms with E-state index in [2.05, 4.69) is 6.07 Å². The van der Waals surface area contributed by atoms with Gasteiger partial charge in [0.2, 0.25) is 0 Å². The van der Waals surface area contributed by atoms with Crippen LogP contribution < -0.4 is 0 Å². The second kappa shape index (κ2) is 5.19. The van der Waals surface area contributed by atoms with Crippen molar-refractivity contribution < 1.29 is 9.90 Å². The topological polar surface area (TPSA) is 37.3 Å². The Balaban J connectivity index is 2.07. The summed E-state index contributed by atoms with van der Waals surface area (Å²) in [6, 6.07) is 13.9. The SMILES string of the molecule is O=C1Cc2ccccc2Sc2cc(CCO)ccc21. The summed E-state index contributed by atoms with van der Waals surface area (Å²) < 4.78 is 0. The molecule has 0 fully saturated rings. The predicted molar refractivity (Wildman–Crippen MR) is 75.8 cm³/mol. The Labute approximate surface area is 116 Å². The third-order valence-corrected chi connectivity index (χ3v) is 4.47. The number of ketones is 1. The first-order chi connectivity index (χ1) is 9.28. The lowest BCUT2D eigenvalue weighted by atomic mass is 10.0. The number of aliphatic hydroxyl groups is 1. The van der Waals surface area contributed by atoms with E-state index in [-0.39, 0.29) is 12.4 Å². The van der Waals surface area contributed by atoms with Crippen molar-refractivity contribution in [1.82, 2.24) is 0 Å². The van der Waals surface area contributed by atoms with Gasteiger partial charge in [-0.25, -0.2) is 0 Å². The molecule has 0 aliphatic carbocycles. The molecule has 2 nitrogen and oxygen atoms in total. The highest BCUT2D eigenvalue weighted by Crippen LogP contribution is 2.37. The largest absolute Gasteiger partial charge is 0.396 e. The Morgan fingerprint density at radius 1 is 1.11 bits per heavy atom. The molecule has 1 N–H and O–H groups in total. The lowest BCUT2D eigenvalue weighted by Gasteiger charge is -2.07. The van der Waals surface area contributed by atoms with Crippen molar-refractivity contribution in [3.63, 3.8) is 0 Å². The van der Waals surface area contributed by atoms with Crippen molar-refractivity contribution in [3.05, 3.63) is 59.2 Å². The maximum atomic E-state index is 12.3. The van der Waals surface area contributed by atoms with Gasteiger partial charge in [0, 0.05) is 28.4 Å². The minimum atomic E-state index is 0.133. The summed E-state index contributed by atoms with van der Waals surface area (Å²) in [4.78, 5) is 14.4. The molecule has 0 unspecified atom stereocenters. The minimum Gasteiger partial charge on any atom is -0.396 e. The van der Waals surface area contributed by atoms with E-state index >= 15 is 0 Å². The lowest BCUT2D eigenvalue weighted by molar-refractivity contribution is 0.0990. The van der Waals surface area contributed by atoms with Crippen LogP contribution in [0.25, 0.3) is 0 Å². The van der Waals surface area contributed by atoms with Crippen molar-refractivity contribution in [3.8, 4) is 0 Å². The maximum absolute atomic E-state index is 12.3. The lowest BCUT2D eigenvalue weighted by Crippen LogP contribution is -2.03. The summed E-state index contributed by atoms with van der Waals surface area (Å²) >= 11 is 1.64. The Bertz CT molecular complexity index is 634. The molecule has 0 spiro atoms. The zero-order valence-electron chi connectivity index (χ0n) is 10.4. The van der Waals surface area contributed by atoms with Gasteiger partial charge in [0.15, 0.2) is 5.78 Å². The van der Waals surface area contributed by atoms with Crippen LogP contribution in [-0.4, -0.2) is 17.5 Å². The van der Waals surface area contributed by atoms with Crippen molar-refractivity contribution in [2.24, 2.45) is 0 Å². The molecular weight excluding hydrogens is 256 g/mol. The van der Waals surface area contributed by atoms with Crippen LogP contribution in [0.2, 0.25) is 0 Å². The van der Waals surface area contributed by atoms with Gasteiger partial charge in [-0.2, -0.15) is 0 Å². The van der Waals surface area contributed by atoms with E-state index in [0.29, 0.717) is 12.8 Å². The van der Waals surface area contributed by atoms with Crippen molar-refractivity contribution in [2.45, 2.75) is 22.6 Å². The van der Waals surface area contributed by atoms with E-state index in [9.17, 15) is 4.79 Å². The molecule has 0 saturated heterocycles. The molecule has 0 amide bonds. The van der Waals surface area contributed by atoms with Crippen LogP contribution in [0.15, 0.2) is 52.3 Å². The first-order valence-corrected chi connectivity index (χ1v) is 7.12. The van der Waals surface area contributed by atoms with Gasteiger partial charge in [-0.1, -0.05) is 36.0 Å². The second-order valence-corrected chi connectivity index (χ2v) is 5.70. The number of fused-ring (bicyclic) bond motifs is 2. The normalized spacial score (nSPS) is 13.6. The highest BCUT2D eigenvalue weighted by atomic mass is 32.2. The monoisotopic (exact) mass is 270 g/mol. The predicted octanol–water partition coefficient (Wildman–Crippen LogP) is 3.11. The number of hydrogen-bond acceptors (Lipinski definition) is 3. The number of carbonyl (C=O) groups is 1. The molecule has 0 atom stereocenters. The van der Waals surface area contributed by atoms with Crippen LogP contribution in [0.4, 0.5) is 0 Å². The van der Waals surface area contributed by atoms with Gasteiger partial charge in [0.1, 0.15) is 0 Å². The molecule has 3 heteroatoms. The average molecular weight is 270 g/mol. The van der Waals surface area contributed by atoms with Crippen LogP contribution in [0.5, 0.6) is 0 Å². The first-order valence-electron chi connectivity index (χ1n) is 6.30. The number of benzene rings is 2. The standard InChI is InChI=1S/C16H14O2S/c17-8-7-11-5-6-13-14(18)10-12-3-1-2-4-15(12)19-16(13)9-11/h1-6,9,17H,7-8,10H2. The molecule has 3 rings (SSSR count). The second-order valence-electron chi connectivity index (χ2n) is 4.61. The number of hydrogen-bond donors (Lipinski definition) is 1. The van der Waals surface area contributed by atoms with Gasteiger partial charge in [-0.15, -0.1) is 0 Å². The third kappa shape index (κ3) is 2.44. The van der Waals surface area contributed by atoms with Gasteiger partial charge in [-0.3, -0.25) is 4.79 Å². The quantitative estimate of drug-likeness (QED) is 0.911. The zero-order chi connectivity index (χ0) is 13.2. The molecule has 0 aromatic heterocycles. The molecule has 0 radical (unpaired) electrons. The summed E-state index contributed by atoms with van der Waals surface area (Å²) in [5.74, 6) is 0.169. The van der Waals surface area contributed by atoms with E-state index < -0.39 is 0 Å².